The zero-order chi connectivity index (χ0) is 11.3. The van der Waals surface area contributed by atoms with Crippen molar-refractivity contribution in [3.63, 3.8) is 0 Å². The van der Waals surface area contributed by atoms with Crippen LogP contribution in [0.25, 0.3) is 0 Å². The summed E-state index contributed by atoms with van der Waals surface area (Å²) in [6.45, 7) is 2.11. The summed E-state index contributed by atoms with van der Waals surface area (Å²) < 4.78 is 0. The van der Waals surface area contributed by atoms with Gasteiger partial charge in [-0.15, -0.1) is 0 Å². The number of rotatable bonds is 5. The standard InChI is InChI=1S/C11H16N2O2/c1-2-3-4-11(12)9-5-7-10(8-6-9)13(14)15/h5-8,11H,2-4,12H2,1H3/t11-/m0/s1. The van der Waals surface area contributed by atoms with Gasteiger partial charge in [-0.05, 0) is 12.0 Å². The number of unbranched alkanes of at least 4 members (excludes halogenated alkanes) is 1. The molecule has 0 aliphatic rings. The number of hydrogen-bond donors (Lipinski definition) is 1. The number of nitro groups is 1. The van der Waals surface area contributed by atoms with Crippen LogP contribution in [-0.4, -0.2) is 4.92 Å². The summed E-state index contributed by atoms with van der Waals surface area (Å²) in [5, 5.41) is 10.4. The highest BCUT2D eigenvalue weighted by molar-refractivity contribution is 5.34. The second-order valence-electron chi connectivity index (χ2n) is 3.60. The first-order valence-corrected chi connectivity index (χ1v) is 5.15. The van der Waals surface area contributed by atoms with Crippen LogP contribution >= 0.6 is 0 Å². The van der Waals surface area contributed by atoms with Crippen molar-refractivity contribution in [1.29, 1.82) is 0 Å². The molecule has 0 heterocycles. The maximum atomic E-state index is 10.4. The maximum absolute atomic E-state index is 10.4. The number of nitrogens with zero attached hydrogens (tertiary/aromatic N) is 1. The van der Waals surface area contributed by atoms with Crippen LogP contribution in [0.4, 0.5) is 5.69 Å². The summed E-state index contributed by atoms with van der Waals surface area (Å²) in [7, 11) is 0. The highest BCUT2D eigenvalue weighted by Crippen LogP contribution is 2.19. The van der Waals surface area contributed by atoms with Crippen molar-refractivity contribution in [3.05, 3.63) is 39.9 Å². The van der Waals surface area contributed by atoms with E-state index in [4.69, 9.17) is 5.73 Å². The molecule has 1 atom stereocenters. The van der Waals surface area contributed by atoms with E-state index in [1.165, 1.54) is 12.1 Å². The van der Waals surface area contributed by atoms with E-state index in [-0.39, 0.29) is 11.7 Å². The van der Waals surface area contributed by atoms with Gasteiger partial charge in [0.05, 0.1) is 4.92 Å². The monoisotopic (exact) mass is 208 g/mol. The molecule has 0 aliphatic carbocycles. The van der Waals surface area contributed by atoms with Gasteiger partial charge in [0.25, 0.3) is 5.69 Å². The Morgan fingerprint density at radius 3 is 2.47 bits per heavy atom. The average molecular weight is 208 g/mol. The largest absolute Gasteiger partial charge is 0.324 e. The van der Waals surface area contributed by atoms with Gasteiger partial charge in [-0.25, -0.2) is 0 Å². The Balaban J connectivity index is 2.66. The minimum absolute atomic E-state index is 0.00856. The summed E-state index contributed by atoms with van der Waals surface area (Å²) >= 11 is 0. The Kier molecular flexibility index (Phi) is 4.24. The molecule has 1 rings (SSSR count). The van der Waals surface area contributed by atoms with Gasteiger partial charge in [0, 0.05) is 18.2 Å². The van der Waals surface area contributed by atoms with Crippen LogP contribution in [0.2, 0.25) is 0 Å². The van der Waals surface area contributed by atoms with Gasteiger partial charge in [-0.1, -0.05) is 31.9 Å². The highest BCUT2D eigenvalue weighted by Gasteiger charge is 2.08. The molecule has 4 heteroatoms. The van der Waals surface area contributed by atoms with Crippen LogP contribution < -0.4 is 5.73 Å². The number of non-ortho nitro benzene ring substituents is 1. The second kappa shape index (κ2) is 5.46. The molecule has 82 valence electrons. The van der Waals surface area contributed by atoms with E-state index in [0.717, 1.165) is 24.8 Å². The van der Waals surface area contributed by atoms with E-state index in [0.29, 0.717) is 0 Å². The number of hydrogen-bond acceptors (Lipinski definition) is 3. The van der Waals surface area contributed by atoms with Crippen LogP contribution in [0.5, 0.6) is 0 Å². The number of nitrogens with two attached hydrogens (primary N) is 1. The Labute approximate surface area is 89.2 Å². The molecule has 0 bridgehead atoms. The van der Waals surface area contributed by atoms with Gasteiger partial charge in [-0.3, -0.25) is 10.1 Å². The van der Waals surface area contributed by atoms with E-state index in [2.05, 4.69) is 6.92 Å². The first kappa shape index (κ1) is 11.7. The average Bonchev–Trinajstić information content (AvgIpc) is 2.26. The lowest BCUT2D eigenvalue weighted by Crippen LogP contribution is -2.09. The molecule has 0 aliphatic heterocycles. The van der Waals surface area contributed by atoms with Crippen molar-refractivity contribution in [2.75, 3.05) is 0 Å². The molecule has 1 aromatic rings. The van der Waals surface area contributed by atoms with Crippen molar-refractivity contribution in [2.45, 2.75) is 32.2 Å². The molecule has 0 saturated heterocycles. The first-order chi connectivity index (χ1) is 7.15. The molecule has 0 amide bonds. The molecule has 1 aromatic carbocycles. The second-order valence-corrected chi connectivity index (χ2v) is 3.60. The maximum Gasteiger partial charge on any atom is 0.269 e. The third-order valence-corrected chi connectivity index (χ3v) is 2.40. The minimum Gasteiger partial charge on any atom is -0.324 e. The van der Waals surface area contributed by atoms with Gasteiger partial charge < -0.3 is 5.73 Å². The molecule has 0 fully saturated rings. The van der Waals surface area contributed by atoms with Crippen LogP contribution in [0.15, 0.2) is 24.3 Å². The molecule has 0 unspecified atom stereocenters. The summed E-state index contributed by atoms with van der Waals surface area (Å²) in [6.07, 6.45) is 3.12. The van der Waals surface area contributed by atoms with E-state index in [1.54, 1.807) is 12.1 Å². The van der Waals surface area contributed by atoms with Crippen molar-refractivity contribution in [1.82, 2.24) is 0 Å². The third kappa shape index (κ3) is 3.32. The van der Waals surface area contributed by atoms with E-state index < -0.39 is 4.92 Å². The molecular weight excluding hydrogens is 192 g/mol. The fourth-order valence-corrected chi connectivity index (χ4v) is 1.43. The highest BCUT2D eigenvalue weighted by atomic mass is 16.6. The van der Waals surface area contributed by atoms with Gasteiger partial charge in [0.1, 0.15) is 0 Å². The van der Waals surface area contributed by atoms with Crippen molar-refractivity contribution >= 4 is 5.69 Å². The van der Waals surface area contributed by atoms with E-state index in [1.807, 2.05) is 0 Å². The van der Waals surface area contributed by atoms with Crippen molar-refractivity contribution in [3.8, 4) is 0 Å². The fraction of sp³-hybridized carbons (Fsp3) is 0.455. The lowest BCUT2D eigenvalue weighted by Gasteiger charge is -2.10. The molecular formula is C11H16N2O2. The Morgan fingerprint density at radius 1 is 1.40 bits per heavy atom. The summed E-state index contributed by atoms with van der Waals surface area (Å²) in [6, 6.07) is 6.46. The smallest absolute Gasteiger partial charge is 0.269 e. The van der Waals surface area contributed by atoms with Gasteiger partial charge >= 0.3 is 0 Å². The summed E-state index contributed by atoms with van der Waals surface area (Å²) in [4.78, 5) is 10.0. The molecule has 0 spiro atoms. The molecule has 0 radical (unpaired) electrons. The third-order valence-electron chi connectivity index (χ3n) is 2.40. The molecule has 15 heavy (non-hydrogen) atoms. The van der Waals surface area contributed by atoms with Crippen LogP contribution in [0, 0.1) is 10.1 Å². The molecule has 2 N–H and O–H groups in total. The predicted octanol–water partition coefficient (Wildman–Crippen LogP) is 2.78. The van der Waals surface area contributed by atoms with E-state index >= 15 is 0 Å². The van der Waals surface area contributed by atoms with Crippen molar-refractivity contribution < 1.29 is 4.92 Å². The number of nitro benzene ring substituents is 1. The van der Waals surface area contributed by atoms with Gasteiger partial charge in [-0.2, -0.15) is 0 Å². The Morgan fingerprint density at radius 2 is 2.00 bits per heavy atom. The normalized spacial score (nSPS) is 12.4. The fourth-order valence-electron chi connectivity index (χ4n) is 1.43. The summed E-state index contributed by atoms with van der Waals surface area (Å²) in [5.74, 6) is 0. The quantitative estimate of drug-likeness (QED) is 0.597. The molecule has 4 nitrogen and oxygen atoms in total. The van der Waals surface area contributed by atoms with Crippen molar-refractivity contribution in [2.24, 2.45) is 5.73 Å². The van der Waals surface area contributed by atoms with E-state index in [9.17, 15) is 10.1 Å². The Bertz CT molecular complexity index is 322. The molecule has 0 saturated carbocycles. The first-order valence-electron chi connectivity index (χ1n) is 5.15. The lowest BCUT2D eigenvalue weighted by molar-refractivity contribution is -0.384. The molecule has 0 aromatic heterocycles. The topological polar surface area (TPSA) is 69.2 Å². The Hall–Kier alpha value is -1.42. The van der Waals surface area contributed by atoms with Crippen LogP contribution in [0.1, 0.15) is 37.8 Å². The van der Waals surface area contributed by atoms with Gasteiger partial charge in [0.15, 0.2) is 0 Å². The van der Waals surface area contributed by atoms with Crippen LogP contribution in [-0.2, 0) is 0 Å². The zero-order valence-electron chi connectivity index (χ0n) is 8.85. The zero-order valence-corrected chi connectivity index (χ0v) is 8.85. The summed E-state index contributed by atoms with van der Waals surface area (Å²) in [5.41, 5.74) is 7.02. The predicted molar refractivity (Wildman–Crippen MR) is 59.5 cm³/mol. The minimum atomic E-state index is -0.401. The number of benzene rings is 1. The SMILES string of the molecule is CCCC[C@H](N)c1ccc([N+](=O)[O-])cc1. The lowest BCUT2D eigenvalue weighted by atomic mass is 10.0. The van der Waals surface area contributed by atoms with Gasteiger partial charge in [0.2, 0.25) is 0 Å². The van der Waals surface area contributed by atoms with Crippen LogP contribution in [0.3, 0.4) is 0 Å².